The van der Waals surface area contributed by atoms with Crippen LogP contribution in [0, 0.1) is 0 Å². The zero-order chi connectivity index (χ0) is 9.52. The van der Waals surface area contributed by atoms with Crippen molar-refractivity contribution >= 4 is 5.78 Å². The minimum Gasteiger partial charge on any atom is -0.300 e. The number of nitrogens with zero attached hydrogens (tertiary/aromatic N) is 2. The Labute approximate surface area is 78.2 Å². The molecule has 0 saturated carbocycles. The van der Waals surface area contributed by atoms with Gasteiger partial charge in [0.1, 0.15) is 5.78 Å². The summed E-state index contributed by atoms with van der Waals surface area (Å²) in [5, 5.41) is 0. The van der Waals surface area contributed by atoms with Crippen molar-refractivity contribution in [3.63, 3.8) is 0 Å². The van der Waals surface area contributed by atoms with E-state index >= 15 is 0 Å². The first-order valence-corrected chi connectivity index (χ1v) is 4.53. The van der Waals surface area contributed by atoms with Crippen LogP contribution in [0.15, 0.2) is 18.6 Å². The molecule has 0 aliphatic carbocycles. The Bertz CT molecular complexity index is 259. The molecule has 0 saturated heterocycles. The minimum atomic E-state index is 0.263. The van der Waals surface area contributed by atoms with Crippen LogP contribution < -0.4 is 0 Å². The summed E-state index contributed by atoms with van der Waals surface area (Å²) in [5.74, 6) is 0.263. The van der Waals surface area contributed by atoms with E-state index in [9.17, 15) is 4.79 Å². The maximum atomic E-state index is 10.6. The Hall–Kier alpha value is -1.25. The summed E-state index contributed by atoms with van der Waals surface area (Å²) in [6, 6.07) is 0. The lowest BCUT2D eigenvalue weighted by atomic mass is 10.1. The number of carbonyl (C=O) groups is 1. The second-order valence-electron chi connectivity index (χ2n) is 3.11. The van der Waals surface area contributed by atoms with E-state index in [4.69, 9.17) is 0 Å². The van der Waals surface area contributed by atoms with E-state index in [1.165, 1.54) is 0 Å². The average Bonchev–Trinajstić information content (AvgIpc) is 2.14. The van der Waals surface area contributed by atoms with Gasteiger partial charge in [-0.2, -0.15) is 0 Å². The zero-order valence-electron chi connectivity index (χ0n) is 7.86. The fraction of sp³-hybridized carbons (Fsp3) is 0.500. The topological polar surface area (TPSA) is 42.9 Å². The molecule has 0 aliphatic heterocycles. The average molecular weight is 178 g/mol. The molecule has 0 aliphatic rings. The van der Waals surface area contributed by atoms with E-state index in [1.54, 1.807) is 25.5 Å². The molecule has 70 valence electrons. The molecule has 3 nitrogen and oxygen atoms in total. The van der Waals surface area contributed by atoms with Crippen LogP contribution in [-0.4, -0.2) is 15.8 Å². The lowest BCUT2D eigenvalue weighted by Crippen LogP contribution is -1.93. The molecule has 1 aromatic heterocycles. The van der Waals surface area contributed by atoms with Gasteiger partial charge in [-0.3, -0.25) is 9.97 Å². The summed E-state index contributed by atoms with van der Waals surface area (Å²) < 4.78 is 0. The number of aryl methyl sites for hydroxylation is 1. The number of ketones is 1. The summed E-state index contributed by atoms with van der Waals surface area (Å²) in [6.45, 7) is 1.63. The van der Waals surface area contributed by atoms with Gasteiger partial charge in [0.2, 0.25) is 0 Å². The van der Waals surface area contributed by atoms with Crippen molar-refractivity contribution in [2.75, 3.05) is 0 Å². The number of hydrogen-bond acceptors (Lipinski definition) is 3. The van der Waals surface area contributed by atoms with Crippen molar-refractivity contribution in [1.82, 2.24) is 9.97 Å². The van der Waals surface area contributed by atoms with Gasteiger partial charge >= 0.3 is 0 Å². The molecule has 0 bridgehead atoms. The zero-order valence-corrected chi connectivity index (χ0v) is 7.86. The number of hydrogen-bond donors (Lipinski definition) is 0. The largest absolute Gasteiger partial charge is 0.300 e. The van der Waals surface area contributed by atoms with Crippen LogP contribution in [0.1, 0.15) is 31.9 Å². The highest BCUT2D eigenvalue weighted by Crippen LogP contribution is 2.02. The Balaban J connectivity index is 2.17. The van der Waals surface area contributed by atoms with E-state index in [0.717, 1.165) is 25.0 Å². The smallest absolute Gasteiger partial charge is 0.129 e. The lowest BCUT2D eigenvalue weighted by molar-refractivity contribution is -0.117. The normalized spacial score (nSPS) is 9.92. The SMILES string of the molecule is CC(=O)CCCCc1cnccn1. The maximum absolute atomic E-state index is 10.6. The molecule has 1 rings (SSSR count). The van der Waals surface area contributed by atoms with Crippen molar-refractivity contribution in [3.05, 3.63) is 24.3 Å². The molecule has 1 heterocycles. The highest BCUT2D eigenvalue weighted by molar-refractivity contribution is 5.75. The second-order valence-corrected chi connectivity index (χ2v) is 3.11. The highest BCUT2D eigenvalue weighted by atomic mass is 16.1. The number of rotatable bonds is 5. The summed E-state index contributed by atoms with van der Waals surface area (Å²) in [4.78, 5) is 18.7. The molecule has 0 unspecified atom stereocenters. The molecular weight excluding hydrogens is 164 g/mol. The van der Waals surface area contributed by atoms with Crippen LogP contribution in [0.3, 0.4) is 0 Å². The molecule has 0 spiro atoms. The third kappa shape index (κ3) is 4.35. The van der Waals surface area contributed by atoms with Crippen LogP contribution in [0.4, 0.5) is 0 Å². The van der Waals surface area contributed by atoms with Gasteiger partial charge in [-0.1, -0.05) is 0 Å². The summed E-state index contributed by atoms with van der Waals surface area (Å²) in [5.41, 5.74) is 1.01. The van der Waals surface area contributed by atoms with Crippen molar-refractivity contribution in [1.29, 1.82) is 0 Å². The standard InChI is InChI=1S/C10H14N2O/c1-9(13)4-2-3-5-10-8-11-6-7-12-10/h6-8H,2-5H2,1H3. The van der Waals surface area contributed by atoms with E-state index < -0.39 is 0 Å². The molecule has 1 aromatic rings. The molecular formula is C10H14N2O. The lowest BCUT2D eigenvalue weighted by Gasteiger charge is -1.97. The van der Waals surface area contributed by atoms with Gasteiger partial charge in [-0.25, -0.2) is 0 Å². The van der Waals surface area contributed by atoms with Gasteiger partial charge in [0.05, 0.1) is 5.69 Å². The second kappa shape index (κ2) is 5.41. The first kappa shape index (κ1) is 9.84. The fourth-order valence-corrected chi connectivity index (χ4v) is 1.14. The van der Waals surface area contributed by atoms with Crippen molar-refractivity contribution < 1.29 is 4.79 Å². The first-order valence-electron chi connectivity index (χ1n) is 4.53. The van der Waals surface area contributed by atoms with E-state index in [-0.39, 0.29) is 5.78 Å². The van der Waals surface area contributed by atoms with Gasteiger partial charge in [0.15, 0.2) is 0 Å². The van der Waals surface area contributed by atoms with E-state index in [0.29, 0.717) is 6.42 Å². The van der Waals surface area contributed by atoms with Crippen molar-refractivity contribution in [2.24, 2.45) is 0 Å². The Kier molecular flexibility index (Phi) is 4.09. The van der Waals surface area contributed by atoms with E-state index in [1.807, 2.05) is 0 Å². The van der Waals surface area contributed by atoms with Crippen molar-refractivity contribution in [3.8, 4) is 0 Å². The molecule has 0 amide bonds. The molecule has 13 heavy (non-hydrogen) atoms. The van der Waals surface area contributed by atoms with Crippen LogP contribution in [0.2, 0.25) is 0 Å². The highest BCUT2D eigenvalue weighted by Gasteiger charge is 1.96. The maximum Gasteiger partial charge on any atom is 0.129 e. The molecule has 0 N–H and O–H groups in total. The van der Waals surface area contributed by atoms with Crippen LogP contribution >= 0.6 is 0 Å². The van der Waals surface area contributed by atoms with E-state index in [2.05, 4.69) is 9.97 Å². The molecule has 3 heteroatoms. The summed E-state index contributed by atoms with van der Waals surface area (Å²) >= 11 is 0. The molecule has 0 atom stereocenters. The number of unbranched alkanes of at least 4 members (excludes halogenated alkanes) is 1. The Morgan fingerprint density at radius 2 is 2.23 bits per heavy atom. The monoisotopic (exact) mass is 178 g/mol. The third-order valence-corrected chi connectivity index (χ3v) is 1.83. The van der Waals surface area contributed by atoms with Gasteiger partial charge in [0.25, 0.3) is 0 Å². The van der Waals surface area contributed by atoms with Crippen LogP contribution in [0.5, 0.6) is 0 Å². The predicted molar refractivity (Wildman–Crippen MR) is 50.3 cm³/mol. The number of Topliss-reactive ketones (excluding diaryl/α,β-unsaturated/α-hetero) is 1. The van der Waals surface area contributed by atoms with Gasteiger partial charge in [0, 0.05) is 25.0 Å². The minimum absolute atomic E-state index is 0.263. The third-order valence-electron chi connectivity index (χ3n) is 1.83. The fourth-order valence-electron chi connectivity index (χ4n) is 1.14. The van der Waals surface area contributed by atoms with Crippen LogP contribution in [-0.2, 0) is 11.2 Å². The summed E-state index contributed by atoms with van der Waals surface area (Å²) in [7, 11) is 0. The number of aromatic nitrogens is 2. The molecule has 0 radical (unpaired) electrons. The van der Waals surface area contributed by atoms with Gasteiger partial charge < -0.3 is 4.79 Å². The predicted octanol–water partition coefficient (Wildman–Crippen LogP) is 1.78. The Morgan fingerprint density at radius 1 is 1.38 bits per heavy atom. The molecule has 0 fully saturated rings. The number of carbonyl (C=O) groups excluding carboxylic acids is 1. The Morgan fingerprint density at radius 3 is 2.85 bits per heavy atom. The van der Waals surface area contributed by atoms with Crippen molar-refractivity contribution in [2.45, 2.75) is 32.6 Å². The van der Waals surface area contributed by atoms with Crippen LogP contribution in [0.25, 0.3) is 0 Å². The van der Waals surface area contributed by atoms with Gasteiger partial charge in [-0.15, -0.1) is 0 Å². The van der Waals surface area contributed by atoms with Gasteiger partial charge in [-0.05, 0) is 26.2 Å². The quantitative estimate of drug-likeness (QED) is 0.645. The summed E-state index contributed by atoms with van der Waals surface area (Å²) in [6.07, 6.45) is 8.69. The molecule has 0 aromatic carbocycles. The first-order chi connectivity index (χ1) is 6.29.